The van der Waals surface area contributed by atoms with Crippen LogP contribution in [0.1, 0.15) is 54.9 Å². The molecule has 0 aliphatic carbocycles. The fourth-order valence-corrected chi connectivity index (χ4v) is 4.58. The highest BCUT2D eigenvalue weighted by Crippen LogP contribution is 2.16. The molecule has 2 aromatic carbocycles. The van der Waals surface area contributed by atoms with Crippen molar-refractivity contribution in [2.75, 3.05) is 26.2 Å². The molecule has 0 aromatic heterocycles. The minimum Gasteiger partial charge on any atom is -0.357 e. The van der Waals surface area contributed by atoms with E-state index in [1.807, 2.05) is 4.90 Å². The molecule has 0 spiro atoms. The Balaban J connectivity index is 0.00000324. The molecule has 7 heteroatoms. The lowest BCUT2D eigenvalue weighted by atomic mass is 10.1. The third kappa shape index (κ3) is 7.98. The van der Waals surface area contributed by atoms with Crippen LogP contribution in [0.15, 0.2) is 53.5 Å². The van der Waals surface area contributed by atoms with Gasteiger partial charge in [-0.25, -0.2) is 4.99 Å². The first-order chi connectivity index (χ1) is 16.2. The molecule has 4 rings (SSSR count). The van der Waals surface area contributed by atoms with E-state index in [-0.39, 0.29) is 29.9 Å². The maximum Gasteiger partial charge on any atom is 0.222 e. The summed E-state index contributed by atoms with van der Waals surface area (Å²) in [5.74, 6) is 1.08. The highest BCUT2D eigenvalue weighted by atomic mass is 127. The number of hydrogen-bond donors (Lipinski definition) is 2. The Hall–Kier alpha value is -2.13. The van der Waals surface area contributed by atoms with Crippen molar-refractivity contribution in [3.05, 3.63) is 70.8 Å². The molecule has 2 aliphatic rings. The maximum atomic E-state index is 11.9. The molecule has 2 aliphatic heterocycles. The van der Waals surface area contributed by atoms with Gasteiger partial charge in [-0.1, -0.05) is 48.5 Å². The van der Waals surface area contributed by atoms with Gasteiger partial charge in [-0.15, -0.1) is 24.0 Å². The van der Waals surface area contributed by atoms with Crippen molar-refractivity contribution in [3.8, 4) is 0 Å². The molecule has 0 radical (unpaired) electrons. The summed E-state index contributed by atoms with van der Waals surface area (Å²) in [4.78, 5) is 21.2. The molecule has 0 unspecified atom stereocenters. The molecule has 2 N–H and O–H groups in total. The molecule has 1 amide bonds. The number of rotatable bonds is 9. The number of hydrogen-bond acceptors (Lipinski definition) is 3. The average Bonchev–Trinajstić information content (AvgIpc) is 3.49. The van der Waals surface area contributed by atoms with Crippen LogP contribution >= 0.6 is 24.0 Å². The van der Waals surface area contributed by atoms with E-state index in [1.165, 1.54) is 42.6 Å². The van der Waals surface area contributed by atoms with Gasteiger partial charge in [0.2, 0.25) is 5.91 Å². The maximum absolute atomic E-state index is 11.9. The van der Waals surface area contributed by atoms with Gasteiger partial charge in [0.05, 0.1) is 6.54 Å². The first-order valence-electron chi connectivity index (χ1n) is 12.4. The predicted molar refractivity (Wildman–Crippen MR) is 149 cm³/mol. The van der Waals surface area contributed by atoms with Gasteiger partial charge in [-0.05, 0) is 61.5 Å². The number of aliphatic imine (C=N–C) groups is 1. The van der Waals surface area contributed by atoms with Crippen molar-refractivity contribution >= 4 is 35.8 Å². The third-order valence-electron chi connectivity index (χ3n) is 6.39. The van der Waals surface area contributed by atoms with Crippen LogP contribution in [0.3, 0.4) is 0 Å². The summed E-state index contributed by atoms with van der Waals surface area (Å²) in [5, 5.41) is 6.80. The van der Waals surface area contributed by atoms with E-state index >= 15 is 0 Å². The number of guanidine groups is 1. The normalized spacial score (nSPS) is 16.6. The topological polar surface area (TPSA) is 60.0 Å². The van der Waals surface area contributed by atoms with E-state index in [1.54, 1.807) is 0 Å². The molecule has 0 bridgehead atoms. The Morgan fingerprint density at radius 1 is 0.882 bits per heavy atom. The van der Waals surface area contributed by atoms with E-state index in [0.29, 0.717) is 19.5 Å². The molecule has 0 saturated carbocycles. The van der Waals surface area contributed by atoms with Gasteiger partial charge in [0.15, 0.2) is 5.96 Å². The number of likely N-dealkylation sites (tertiary alicyclic amines) is 2. The zero-order chi connectivity index (χ0) is 22.9. The van der Waals surface area contributed by atoms with Crippen LogP contribution in [-0.2, 0) is 31.0 Å². The SMILES string of the molecule is CCNC(=NCc1cccc(CN2CCCC2=O)c1)NCc1ccc(CN2CCCC2)cc1.I. The molecular weight excluding hydrogens is 537 g/mol. The molecule has 6 nitrogen and oxygen atoms in total. The van der Waals surface area contributed by atoms with Gasteiger partial charge in [0.25, 0.3) is 0 Å². The Morgan fingerprint density at radius 2 is 1.62 bits per heavy atom. The first-order valence-corrected chi connectivity index (χ1v) is 12.4. The number of carbonyl (C=O) groups is 1. The van der Waals surface area contributed by atoms with E-state index in [4.69, 9.17) is 4.99 Å². The molecule has 34 heavy (non-hydrogen) atoms. The summed E-state index contributed by atoms with van der Waals surface area (Å²) >= 11 is 0. The van der Waals surface area contributed by atoms with E-state index in [9.17, 15) is 4.79 Å². The fourth-order valence-electron chi connectivity index (χ4n) is 4.58. The standard InChI is InChI=1S/C27H37N5O.HI/c1-2-28-27(29-18-22-10-12-23(13-11-22)20-31-14-3-4-15-31)30-19-24-7-5-8-25(17-24)21-32-16-6-9-26(32)33;/h5,7-8,10-13,17H,2-4,6,9,14-16,18-21H2,1H3,(H2,28,29,30);1H. The van der Waals surface area contributed by atoms with Crippen LogP contribution in [0.2, 0.25) is 0 Å². The van der Waals surface area contributed by atoms with E-state index < -0.39 is 0 Å². The Labute approximate surface area is 221 Å². The lowest BCUT2D eigenvalue weighted by Crippen LogP contribution is -2.36. The van der Waals surface area contributed by atoms with Crippen molar-refractivity contribution in [1.82, 2.24) is 20.4 Å². The quantitative estimate of drug-likeness (QED) is 0.267. The molecular formula is C27H38IN5O. The minimum atomic E-state index is 0. The zero-order valence-electron chi connectivity index (χ0n) is 20.3. The van der Waals surface area contributed by atoms with Crippen molar-refractivity contribution in [1.29, 1.82) is 0 Å². The second kappa shape index (κ2) is 13.7. The number of carbonyl (C=O) groups excluding carboxylic acids is 1. The summed E-state index contributed by atoms with van der Waals surface area (Å²) in [7, 11) is 0. The summed E-state index contributed by atoms with van der Waals surface area (Å²) in [6, 6.07) is 17.3. The van der Waals surface area contributed by atoms with Crippen molar-refractivity contribution in [2.45, 2.75) is 58.8 Å². The molecule has 2 heterocycles. The lowest BCUT2D eigenvalue weighted by molar-refractivity contribution is -0.128. The third-order valence-corrected chi connectivity index (χ3v) is 6.39. The van der Waals surface area contributed by atoms with Crippen LogP contribution in [0.25, 0.3) is 0 Å². The number of nitrogens with zero attached hydrogens (tertiary/aromatic N) is 3. The van der Waals surface area contributed by atoms with Crippen molar-refractivity contribution in [3.63, 3.8) is 0 Å². The highest BCUT2D eigenvalue weighted by molar-refractivity contribution is 14.0. The predicted octanol–water partition coefficient (Wildman–Crippen LogP) is 4.28. The van der Waals surface area contributed by atoms with E-state index in [0.717, 1.165) is 44.1 Å². The van der Waals surface area contributed by atoms with Gasteiger partial charge >= 0.3 is 0 Å². The van der Waals surface area contributed by atoms with Crippen LogP contribution in [-0.4, -0.2) is 47.8 Å². The molecule has 2 fully saturated rings. The largest absolute Gasteiger partial charge is 0.357 e. The molecule has 2 saturated heterocycles. The Morgan fingerprint density at radius 3 is 2.32 bits per heavy atom. The zero-order valence-corrected chi connectivity index (χ0v) is 22.6. The fraction of sp³-hybridized carbons (Fsp3) is 0.481. The minimum absolute atomic E-state index is 0. The second-order valence-electron chi connectivity index (χ2n) is 9.09. The average molecular weight is 576 g/mol. The van der Waals surface area contributed by atoms with Crippen LogP contribution in [0.4, 0.5) is 0 Å². The molecule has 184 valence electrons. The van der Waals surface area contributed by atoms with Gasteiger partial charge < -0.3 is 15.5 Å². The number of nitrogens with one attached hydrogen (secondary N) is 2. The smallest absolute Gasteiger partial charge is 0.222 e. The lowest BCUT2D eigenvalue weighted by Gasteiger charge is -2.16. The molecule has 2 aromatic rings. The Kier molecular flexibility index (Phi) is 10.7. The number of benzene rings is 2. The van der Waals surface area contributed by atoms with Crippen LogP contribution < -0.4 is 10.6 Å². The van der Waals surface area contributed by atoms with Gasteiger partial charge in [0, 0.05) is 39.1 Å². The van der Waals surface area contributed by atoms with Gasteiger partial charge in [-0.3, -0.25) is 9.69 Å². The number of amides is 1. The van der Waals surface area contributed by atoms with Crippen molar-refractivity contribution < 1.29 is 4.79 Å². The van der Waals surface area contributed by atoms with E-state index in [2.05, 4.69) is 71.0 Å². The summed E-state index contributed by atoms with van der Waals surface area (Å²) in [6.07, 6.45) is 4.32. The molecule has 0 atom stereocenters. The van der Waals surface area contributed by atoms with Gasteiger partial charge in [-0.2, -0.15) is 0 Å². The number of halogens is 1. The van der Waals surface area contributed by atoms with Crippen LogP contribution in [0, 0.1) is 0 Å². The van der Waals surface area contributed by atoms with Crippen LogP contribution in [0.5, 0.6) is 0 Å². The summed E-state index contributed by atoms with van der Waals surface area (Å²) in [6.45, 7) is 9.32. The van der Waals surface area contributed by atoms with Crippen molar-refractivity contribution in [2.24, 2.45) is 4.99 Å². The summed E-state index contributed by atoms with van der Waals surface area (Å²) in [5.41, 5.74) is 4.97. The van der Waals surface area contributed by atoms with Gasteiger partial charge in [0.1, 0.15) is 0 Å². The monoisotopic (exact) mass is 575 g/mol. The first kappa shape index (κ1) is 26.5. The highest BCUT2D eigenvalue weighted by Gasteiger charge is 2.19. The summed E-state index contributed by atoms with van der Waals surface area (Å²) < 4.78 is 0. The second-order valence-corrected chi connectivity index (χ2v) is 9.09. The Bertz CT molecular complexity index is 940.